The van der Waals surface area contributed by atoms with Crippen molar-refractivity contribution in [3.63, 3.8) is 0 Å². The molecular weight excluding hydrogens is 182 g/mol. The number of carbonyl (C=O) groups is 1. The lowest BCUT2D eigenvalue weighted by Crippen LogP contribution is -1.94. The molecule has 5 nitrogen and oxygen atoms in total. The highest BCUT2D eigenvalue weighted by Crippen LogP contribution is 2.21. The molecule has 0 bridgehead atoms. The summed E-state index contributed by atoms with van der Waals surface area (Å²) in [6, 6.07) is 5.39. The third kappa shape index (κ3) is 1.33. The van der Waals surface area contributed by atoms with Gasteiger partial charge in [0.05, 0.1) is 12.1 Å². The standard InChI is InChI=1S/C9H9N3O2/c13-4-6-1-2-8-7(3-6)9(10-5-14)12-11-8/h1-3,5,13H,4H2,(H2,10,11,12,14). The summed E-state index contributed by atoms with van der Waals surface area (Å²) in [4.78, 5) is 10.3. The minimum Gasteiger partial charge on any atom is -0.392 e. The number of aromatic amines is 1. The number of aliphatic hydroxyl groups excluding tert-OH is 1. The van der Waals surface area contributed by atoms with Gasteiger partial charge in [-0.1, -0.05) is 6.07 Å². The van der Waals surface area contributed by atoms with Crippen LogP contribution in [0.25, 0.3) is 10.9 Å². The second-order valence-corrected chi connectivity index (χ2v) is 2.87. The Labute approximate surface area is 79.7 Å². The second kappa shape index (κ2) is 3.47. The number of fused-ring (bicyclic) bond motifs is 1. The fraction of sp³-hybridized carbons (Fsp3) is 0.111. The number of nitrogens with zero attached hydrogens (tertiary/aromatic N) is 1. The van der Waals surface area contributed by atoms with Crippen LogP contribution in [0.3, 0.4) is 0 Å². The Morgan fingerprint density at radius 1 is 1.57 bits per heavy atom. The van der Waals surface area contributed by atoms with Gasteiger partial charge in [-0.25, -0.2) is 0 Å². The molecule has 72 valence electrons. The lowest BCUT2D eigenvalue weighted by molar-refractivity contribution is -0.105. The fourth-order valence-electron chi connectivity index (χ4n) is 1.33. The molecule has 0 aliphatic carbocycles. The lowest BCUT2D eigenvalue weighted by atomic mass is 10.1. The van der Waals surface area contributed by atoms with Crippen molar-refractivity contribution < 1.29 is 9.90 Å². The van der Waals surface area contributed by atoms with Gasteiger partial charge in [-0.3, -0.25) is 9.89 Å². The SMILES string of the molecule is O=CNc1n[nH]c2ccc(CO)cc12. The molecule has 5 heteroatoms. The van der Waals surface area contributed by atoms with Crippen LogP contribution in [-0.4, -0.2) is 21.7 Å². The zero-order valence-electron chi connectivity index (χ0n) is 7.32. The third-order valence-electron chi connectivity index (χ3n) is 2.01. The normalized spacial score (nSPS) is 10.4. The Bertz CT molecular complexity index is 464. The summed E-state index contributed by atoms with van der Waals surface area (Å²) >= 11 is 0. The summed E-state index contributed by atoms with van der Waals surface area (Å²) in [5, 5.41) is 18.9. The van der Waals surface area contributed by atoms with Gasteiger partial charge in [-0.2, -0.15) is 5.10 Å². The van der Waals surface area contributed by atoms with Crippen LogP contribution in [-0.2, 0) is 11.4 Å². The number of carbonyl (C=O) groups excluding carboxylic acids is 1. The zero-order valence-corrected chi connectivity index (χ0v) is 7.32. The Balaban J connectivity index is 2.57. The number of hydrogen-bond donors (Lipinski definition) is 3. The monoisotopic (exact) mass is 191 g/mol. The molecule has 0 spiro atoms. The average Bonchev–Trinajstić information content (AvgIpc) is 2.61. The van der Waals surface area contributed by atoms with E-state index in [4.69, 9.17) is 5.11 Å². The van der Waals surface area contributed by atoms with Crippen molar-refractivity contribution in [1.29, 1.82) is 0 Å². The smallest absolute Gasteiger partial charge is 0.212 e. The van der Waals surface area contributed by atoms with Crippen molar-refractivity contribution in [2.24, 2.45) is 0 Å². The number of nitrogens with one attached hydrogen (secondary N) is 2. The van der Waals surface area contributed by atoms with Crippen molar-refractivity contribution in [2.45, 2.75) is 6.61 Å². The number of amides is 1. The Hall–Kier alpha value is -1.88. The van der Waals surface area contributed by atoms with Crippen molar-refractivity contribution in [2.75, 3.05) is 5.32 Å². The van der Waals surface area contributed by atoms with Crippen LogP contribution in [0.2, 0.25) is 0 Å². The summed E-state index contributed by atoms with van der Waals surface area (Å²) in [6.07, 6.45) is 0.571. The molecule has 0 saturated heterocycles. The first kappa shape index (κ1) is 8.71. The highest BCUT2D eigenvalue weighted by Gasteiger charge is 2.04. The fourth-order valence-corrected chi connectivity index (χ4v) is 1.33. The van der Waals surface area contributed by atoms with Gasteiger partial charge in [-0.05, 0) is 17.7 Å². The van der Waals surface area contributed by atoms with E-state index in [-0.39, 0.29) is 6.61 Å². The third-order valence-corrected chi connectivity index (χ3v) is 2.01. The lowest BCUT2D eigenvalue weighted by Gasteiger charge is -1.96. The number of anilines is 1. The molecule has 0 atom stereocenters. The first-order chi connectivity index (χ1) is 6.85. The van der Waals surface area contributed by atoms with Gasteiger partial charge < -0.3 is 10.4 Å². The maximum absolute atomic E-state index is 10.3. The number of aromatic nitrogens is 2. The highest BCUT2D eigenvalue weighted by molar-refractivity contribution is 5.93. The van der Waals surface area contributed by atoms with Gasteiger partial charge in [0.25, 0.3) is 0 Å². The molecule has 0 saturated carbocycles. The van der Waals surface area contributed by atoms with E-state index in [1.165, 1.54) is 0 Å². The van der Waals surface area contributed by atoms with Crippen molar-refractivity contribution in [1.82, 2.24) is 10.2 Å². The van der Waals surface area contributed by atoms with Gasteiger partial charge in [0.1, 0.15) is 0 Å². The van der Waals surface area contributed by atoms with E-state index in [1.54, 1.807) is 12.1 Å². The predicted octanol–water partition coefficient (Wildman–Crippen LogP) is 0.623. The largest absolute Gasteiger partial charge is 0.392 e. The Morgan fingerprint density at radius 3 is 3.14 bits per heavy atom. The van der Waals surface area contributed by atoms with Crippen LogP contribution < -0.4 is 5.32 Å². The van der Waals surface area contributed by atoms with Crippen molar-refractivity contribution >= 4 is 23.1 Å². The van der Waals surface area contributed by atoms with Crippen molar-refractivity contribution in [3.8, 4) is 0 Å². The summed E-state index contributed by atoms with van der Waals surface area (Å²) in [5.41, 5.74) is 1.61. The molecule has 1 amide bonds. The first-order valence-corrected chi connectivity index (χ1v) is 4.13. The number of rotatable bonds is 3. The van der Waals surface area contributed by atoms with Crippen LogP contribution in [0, 0.1) is 0 Å². The van der Waals surface area contributed by atoms with Gasteiger partial charge >= 0.3 is 0 Å². The highest BCUT2D eigenvalue weighted by atomic mass is 16.3. The molecule has 0 aliphatic heterocycles. The molecular formula is C9H9N3O2. The molecule has 0 aliphatic rings. The quantitative estimate of drug-likeness (QED) is 0.622. The van der Waals surface area contributed by atoms with Crippen LogP contribution in [0.1, 0.15) is 5.56 Å². The molecule has 0 fully saturated rings. The van der Waals surface area contributed by atoms with Gasteiger partial charge in [-0.15, -0.1) is 0 Å². The maximum Gasteiger partial charge on any atom is 0.212 e. The summed E-state index contributed by atoms with van der Waals surface area (Å²) in [5.74, 6) is 0.477. The van der Waals surface area contributed by atoms with Crippen LogP contribution in [0.15, 0.2) is 18.2 Å². The van der Waals surface area contributed by atoms with Gasteiger partial charge in [0.2, 0.25) is 6.41 Å². The number of hydrogen-bond acceptors (Lipinski definition) is 3. The predicted molar refractivity (Wildman–Crippen MR) is 51.7 cm³/mol. The molecule has 0 radical (unpaired) electrons. The molecule has 14 heavy (non-hydrogen) atoms. The van der Waals surface area contributed by atoms with Crippen LogP contribution >= 0.6 is 0 Å². The molecule has 2 rings (SSSR count). The Morgan fingerprint density at radius 2 is 2.43 bits per heavy atom. The van der Waals surface area contributed by atoms with E-state index >= 15 is 0 Å². The molecule has 1 aromatic carbocycles. The number of benzene rings is 1. The minimum absolute atomic E-state index is 0.0261. The van der Waals surface area contributed by atoms with E-state index in [9.17, 15) is 4.79 Å². The number of aliphatic hydroxyl groups is 1. The average molecular weight is 191 g/mol. The number of H-pyrrole nitrogens is 1. The van der Waals surface area contributed by atoms with Crippen molar-refractivity contribution in [3.05, 3.63) is 23.8 Å². The van der Waals surface area contributed by atoms with Crippen LogP contribution in [0.4, 0.5) is 5.82 Å². The minimum atomic E-state index is -0.0261. The molecule has 0 unspecified atom stereocenters. The molecule has 3 N–H and O–H groups in total. The first-order valence-electron chi connectivity index (χ1n) is 4.13. The van der Waals surface area contributed by atoms with E-state index in [2.05, 4.69) is 15.5 Å². The molecule has 2 aromatic rings. The van der Waals surface area contributed by atoms with E-state index in [1.807, 2.05) is 6.07 Å². The zero-order chi connectivity index (χ0) is 9.97. The molecule has 1 aromatic heterocycles. The van der Waals surface area contributed by atoms with Gasteiger partial charge in [0, 0.05) is 5.39 Å². The summed E-state index contributed by atoms with van der Waals surface area (Å²) < 4.78 is 0. The summed E-state index contributed by atoms with van der Waals surface area (Å²) in [7, 11) is 0. The van der Waals surface area contributed by atoms with E-state index < -0.39 is 0 Å². The maximum atomic E-state index is 10.3. The van der Waals surface area contributed by atoms with Crippen LogP contribution in [0.5, 0.6) is 0 Å². The topological polar surface area (TPSA) is 78.0 Å². The van der Waals surface area contributed by atoms with Gasteiger partial charge in [0.15, 0.2) is 5.82 Å². The van der Waals surface area contributed by atoms with E-state index in [0.717, 1.165) is 16.5 Å². The Kier molecular flexibility index (Phi) is 2.16. The molecule has 1 heterocycles. The summed E-state index contributed by atoms with van der Waals surface area (Å²) in [6.45, 7) is -0.0261. The second-order valence-electron chi connectivity index (χ2n) is 2.87. The van der Waals surface area contributed by atoms with E-state index in [0.29, 0.717) is 12.2 Å².